The zero-order valence-electron chi connectivity index (χ0n) is 75.4. The minimum absolute atomic E-state index is 0. The number of aliphatic hydroxyl groups is 4. The van der Waals surface area contributed by atoms with Crippen LogP contribution in [0.15, 0.2) is 108 Å². The van der Waals surface area contributed by atoms with Gasteiger partial charge < -0.3 is 102 Å². The molecule has 6 N–H and O–H groups in total. The molecule has 692 valence electrons. The average molecular weight is 1750 g/mol. The minimum Gasteiger partial charge on any atom is -0.458 e. The van der Waals surface area contributed by atoms with Gasteiger partial charge in [-0.05, 0) is 158 Å². The number of nitrogens with one attached hydrogen (secondary N) is 2. The molecule has 8 fully saturated rings. The highest BCUT2D eigenvalue weighted by Gasteiger charge is 2.82. The highest BCUT2D eigenvalue weighted by molar-refractivity contribution is 5.90. The van der Waals surface area contributed by atoms with E-state index in [-0.39, 0.29) is 68.6 Å². The van der Waals surface area contributed by atoms with E-state index in [1.54, 1.807) is 144 Å². The summed E-state index contributed by atoms with van der Waals surface area (Å²) in [6, 6.07) is 14.2. The molecule has 2 aromatic carbocycles. The van der Waals surface area contributed by atoms with Gasteiger partial charge in [-0.15, -0.1) is 0 Å². The lowest BCUT2D eigenvalue weighted by molar-refractivity contribution is -0.405. The molecular weight excluding hydrogens is 1620 g/mol. The molecule has 3 saturated heterocycles. The Morgan fingerprint density at radius 3 is 1.21 bits per heavy atom. The lowest BCUT2D eigenvalue weighted by Gasteiger charge is -2.71. The molecule has 12 rings (SSSR count). The number of aliphatic hydroxyl groups excluding tert-OH is 2. The van der Waals surface area contributed by atoms with Crippen LogP contribution in [0.4, 0.5) is 9.59 Å². The summed E-state index contributed by atoms with van der Waals surface area (Å²) in [5.74, 6) is -9.13. The molecule has 0 spiro atoms. The number of hydrogen-bond donors (Lipinski definition) is 6. The second-order valence-corrected chi connectivity index (χ2v) is 39.5. The van der Waals surface area contributed by atoms with Crippen molar-refractivity contribution in [3.8, 4) is 0 Å². The van der Waals surface area contributed by atoms with E-state index in [0.717, 1.165) is 0 Å². The first-order valence-corrected chi connectivity index (χ1v) is 43.0. The third-order valence-electron chi connectivity index (χ3n) is 27.4. The Labute approximate surface area is 732 Å². The minimum atomic E-state index is -2.23. The van der Waals surface area contributed by atoms with E-state index in [2.05, 4.69) is 23.8 Å². The predicted octanol–water partition coefficient (Wildman–Crippen LogP) is 11.4. The number of amides is 2. The summed E-state index contributed by atoms with van der Waals surface area (Å²) in [6.07, 6.45) is -16.2. The molecule has 3 aliphatic heterocycles. The van der Waals surface area contributed by atoms with Crippen LogP contribution in [0.25, 0.3) is 0 Å². The van der Waals surface area contributed by atoms with Gasteiger partial charge in [-0.3, -0.25) is 19.2 Å². The van der Waals surface area contributed by atoms with Crippen molar-refractivity contribution in [3.63, 3.8) is 0 Å². The van der Waals surface area contributed by atoms with Gasteiger partial charge in [0.2, 0.25) is 0 Å². The summed E-state index contributed by atoms with van der Waals surface area (Å²) in [7, 11) is 0. The molecule has 7 aliphatic carbocycles. The van der Waals surface area contributed by atoms with Gasteiger partial charge in [0, 0.05) is 80.5 Å². The Balaban J connectivity index is 0.000000259. The third-order valence-corrected chi connectivity index (χ3v) is 27.4. The van der Waals surface area contributed by atoms with Crippen LogP contribution in [-0.2, 0) is 99.8 Å². The summed E-state index contributed by atoms with van der Waals surface area (Å²) in [6.45, 7) is 44.3. The largest absolute Gasteiger partial charge is 0.458 e. The maximum atomic E-state index is 14.5. The molecule has 0 unspecified atom stereocenters. The van der Waals surface area contributed by atoms with Crippen molar-refractivity contribution in [1.82, 2.24) is 10.6 Å². The second-order valence-electron chi connectivity index (χ2n) is 39.5. The van der Waals surface area contributed by atoms with E-state index >= 15 is 0 Å². The van der Waals surface area contributed by atoms with E-state index in [9.17, 15) is 68.4 Å². The van der Waals surface area contributed by atoms with E-state index in [1.807, 2.05) is 41.5 Å². The number of carbonyl (C=O) groups is 10. The molecular formula is C94H132N2O29. The van der Waals surface area contributed by atoms with Crippen molar-refractivity contribution in [2.45, 2.75) is 349 Å². The number of rotatable bonds is 22. The fourth-order valence-electron chi connectivity index (χ4n) is 21.9. The number of hydrogen-bond acceptors (Lipinski definition) is 29. The average Bonchev–Trinajstić information content (AvgIpc) is 0.666. The summed E-state index contributed by atoms with van der Waals surface area (Å²) in [5, 5.41) is 56.3. The SMILES string of the molecule is C.C=C[C@@H]1O[C@H]2C[C@H]3OC[C@@]3(OC(C)=O)[C@H]3[C@H](OC(=O)c4ccccc4)[C@]4(O)C[C@H](OC(=O)[C@H](O)[C@H](CC(C)C)NC(=O)OC(C)(C)C)C(C)=C([C@H](OC(C)=O)[C@H](O1)[C@]23C)C4(C)C.C=C[C@H]1O[C@H]2C[C@H]3CC[C@@]3(OC(C)=O)[C@H]3[C@H](OC(=O)c4ccccc4)[C@]4(O)C[C@H](OC(=O)[C@H](O)[C@H](CC(C)C)NC(=O)OC(C)(C)C)C(C)=C([C@H](OC(C)=O)[C@H](O1)[C@]23C)C4(C)C. The molecule has 10 aliphatic rings. The topological polar surface area (TPSA) is 414 Å². The first kappa shape index (κ1) is 98.5. The monoisotopic (exact) mass is 1750 g/mol. The fraction of sp³-hybridized carbons (Fsp3) is 0.681. The van der Waals surface area contributed by atoms with Gasteiger partial charge in [-0.2, -0.15) is 0 Å². The number of fused-ring (bicyclic) bond motifs is 8. The van der Waals surface area contributed by atoms with E-state index < -0.39 is 237 Å². The Kier molecular flexibility index (Phi) is 28.7. The number of carbonyl (C=O) groups excluding carboxylic acids is 10. The number of benzene rings is 2. The summed E-state index contributed by atoms with van der Waals surface area (Å²) < 4.78 is 94.6. The normalized spacial score (nSPS) is 35.2. The highest BCUT2D eigenvalue weighted by Crippen LogP contribution is 2.72. The van der Waals surface area contributed by atoms with Gasteiger partial charge in [0.15, 0.2) is 42.6 Å². The maximum absolute atomic E-state index is 14.5. The molecule has 3 heterocycles. The second kappa shape index (κ2) is 36.5. The molecule has 31 heteroatoms. The molecule has 5 saturated carbocycles. The Morgan fingerprint density at radius 2 is 0.888 bits per heavy atom. The molecule has 0 radical (unpaired) electrons. The van der Waals surface area contributed by atoms with E-state index in [0.29, 0.717) is 41.6 Å². The van der Waals surface area contributed by atoms with E-state index in [4.69, 9.17) is 71.1 Å². The van der Waals surface area contributed by atoms with Crippen LogP contribution < -0.4 is 10.6 Å². The lowest BCUT2D eigenvalue weighted by atomic mass is 9.40. The van der Waals surface area contributed by atoms with E-state index in [1.165, 1.54) is 39.8 Å². The zero-order chi connectivity index (χ0) is 91.8. The smallest absolute Gasteiger partial charge is 0.407 e. The molecule has 4 bridgehead atoms. The van der Waals surface area contributed by atoms with Crippen LogP contribution in [0.3, 0.4) is 0 Å². The van der Waals surface area contributed by atoms with Crippen LogP contribution in [0, 0.1) is 51.2 Å². The Bertz CT molecular complexity index is 4190. The quantitative estimate of drug-likeness (QED) is 0.0362. The molecule has 125 heavy (non-hydrogen) atoms. The number of ether oxygens (including phenoxy) is 15. The molecule has 2 amide bonds. The number of alkyl carbamates (subject to hydrolysis) is 2. The van der Waals surface area contributed by atoms with Crippen molar-refractivity contribution >= 4 is 59.9 Å². The first-order valence-electron chi connectivity index (χ1n) is 43.0. The van der Waals surface area contributed by atoms with Gasteiger partial charge in [0.1, 0.15) is 70.7 Å². The van der Waals surface area contributed by atoms with Gasteiger partial charge >= 0.3 is 59.9 Å². The maximum Gasteiger partial charge on any atom is 0.407 e. The lowest BCUT2D eigenvalue weighted by Crippen LogP contribution is -2.83. The molecule has 0 aromatic heterocycles. The standard InChI is InChI=1S/C47H65NO14.C46H63NO15.CH4/c1-13-33-58-32-22-29-19-20-46(29,61-27(6)50)37-39(60-40(52)28-17-15-14-16-18-28)47(55)23-31(57-41(53)35(51)30(21-24(2)3)48-42(54)62-43(7,8)9)25(4)34(44(47,10)11)36(56-26(5)49)38(59-33)45(32,37)12;1-13-32-58-30-20-31-45(22-55-31,61-26(6)49)36-38(60-39(51)27-17-15-14-16-18-27)46(54)21-29(57-40(52)34(50)28(19-23(2)3)47-41(53)62-42(7,8)9)24(4)33(43(46,10)11)35(56-25(5)48)37(59-32)44(30,36)12;/h13-18,24,29-33,35-39,51,55H,1,19-23H2,2-12H3,(H,48,54);13-18,23,28-32,34-38,50,54H,1,19-22H2,2-12H3,(H,47,53);1H4/t29-,30+,31+,32+,33+,35-,36+,37+,38+,39+,45-,46+,47-;28-,29-,30-,31+,32+,34+,35-,36-,37-,38-,44+,45-,46+;/m10./s1. The predicted molar refractivity (Wildman–Crippen MR) is 450 cm³/mol. The number of esters is 8. The summed E-state index contributed by atoms with van der Waals surface area (Å²) in [4.78, 5) is 136. The Morgan fingerprint density at radius 1 is 0.520 bits per heavy atom. The van der Waals surface area contributed by atoms with Gasteiger partial charge in [0.05, 0.1) is 47.9 Å². The van der Waals surface area contributed by atoms with Crippen molar-refractivity contribution in [2.75, 3.05) is 6.61 Å². The van der Waals surface area contributed by atoms with Crippen LogP contribution in [0.5, 0.6) is 0 Å². The van der Waals surface area contributed by atoms with Crippen molar-refractivity contribution in [3.05, 3.63) is 119 Å². The first-order chi connectivity index (χ1) is 57.6. The fourth-order valence-corrected chi connectivity index (χ4v) is 21.9. The van der Waals surface area contributed by atoms with Gasteiger partial charge in [-0.1, -0.05) is 126 Å². The van der Waals surface area contributed by atoms with Crippen LogP contribution >= 0.6 is 0 Å². The van der Waals surface area contributed by atoms with Crippen LogP contribution in [0.1, 0.15) is 232 Å². The van der Waals surface area contributed by atoms with Crippen molar-refractivity contribution < 1.29 is 139 Å². The summed E-state index contributed by atoms with van der Waals surface area (Å²) >= 11 is 0. The molecule has 26 atom stereocenters. The Hall–Kier alpha value is -8.66. The van der Waals surface area contributed by atoms with Gasteiger partial charge in [0.25, 0.3) is 0 Å². The molecule has 2 aromatic rings. The van der Waals surface area contributed by atoms with Crippen LogP contribution in [0.2, 0.25) is 0 Å². The van der Waals surface area contributed by atoms with Crippen molar-refractivity contribution in [2.24, 2.45) is 51.2 Å². The van der Waals surface area contributed by atoms with Crippen LogP contribution in [-0.4, -0.2) is 225 Å². The zero-order valence-corrected chi connectivity index (χ0v) is 75.4. The molecule has 31 nitrogen and oxygen atoms in total. The van der Waals surface area contributed by atoms with Gasteiger partial charge in [-0.25, -0.2) is 28.8 Å². The highest BCUT2D eigenvalue weighted by atomic mass is 16.7. The summed E-state index contributed by atoms with van der Waals surface area (Å²) in [5.41, 5.74) is -12.8. The third kappa shape index (κ3) is 18.5. The van der Waals surface area contributed by atoms with Crippen molar-refractivity contribution in [1.29, 1.82) is 0 Å².